The molecule has 7 heteroatoms. The summed E-state index contributed by atoms with van der Waals surface area (Å²) in [5.41, 5.74) is 0.581. The Labute approximate surface area is 146 Å². The second-order valence-electron chi connectivity index (χ2n) is 5.18. The molecule has 0 spiro atoms. The molecule has 1 aliphatic heterocycles. The molecule has 1 atom stereocenters. The summed E-state index contributed by atoms with van der Waals surface area (Å²) in [6, 6.07) is 9.19. The number of rotatable bonds is 4. The van der Waals surface area contributed by atoms with Crippen LogP contribution >= 0.6 is 15.9 Å². The lowest BCUT2D eigenvalue weighted by atomic mass is 10.2. The van der Waals surface area contributed by atoms with E-state index >= 15 is 0 Å². The van der Waals surface area contributed by atoms with Gasteiger partial charge in [-0.1, -0.05) is 0 Å². The summed E-state index contributed by atoms with van der Waals surface area (Å²) in [5, 5.41) is 2.75. The van der Waals surface area contributed by atoms with E-state index in [1.165, 1.54) is 18.2 Å². The molecule has 1 aliphatic rings. The van der Waals surface area contributed by atoms with E-state index in [1.807, 2.05) is 0 Å². The average molecular weight is 396 g/mol. The van der Waals surface area contributed by atoms with Gasteiger partial charge in [0.15, 0.2) is 17.6 Å². The number of hydrogen-bond donors (Lipinski definition) is 1. The van der Waals surface area contributed by atoms with Gasteiger partial charge in [0.25, 0.3) is 5.91 Å². The fourth-order valence-corrected chi connectivity index (χ4v) is 2.62. The first-order valence-electron chi connectivity index (χ1n) is 7.35. The largest absolute Gasteiger partial charge is 0.486 e. The van der Waals surface area contributed by atoms with E-state index in [0.717, 1.165) is 0 Å². The maximum Gasteiger partial charge on any atom is 0.265 e. The Morgan fingerprint density at radius 2 is 1.96 bits per heavy atom. The van der Waals surface area contributed by atoms with Crippen molar-refractivity contribution in [3.05, 3.63) is 46.7 Å². The van der Waals surface area contributed by atoms with Gasteiger partial charge in [-0.2, -0.15) is 0 Å². The SMILES string of the molecule is C[C@@H](Oc1ccc(F)cc1Br)C(=O)Nc1ccc2c(c1)OCCO2. The third-order valence-corrected chi connectivity index (χ3v) is 4.00. The van der Waals surface area contributed by atoms with Crippen LogP contribution in [0.2, 0.25) is 0 Å². The van der Waals surface area contributed by atoms with Crippen LogP contribution in [0.1, 0.15) is 6.92 Å². The molecule has 2 aromatic rings. The highest BCUT2D eigenvalue weighted by atomic mass is 79.9. The van der Waals surface area contributed by atoms with Crippen LogP contribution in [0.15, 0.2) is 40.9 Å². The molecule has 0 aromatic heterocycles. The predicted molar refractivity (Wildman–Crippen MR) is 90.3 cm³/mol. The zero-order valence-electron chi connectivity index (χ0n) is 12.8. The molecule has 1 heterocycles. The first-order valence-corrected chi connectivity index (χ1v) is 8.14. The van der Waals surface area contributed by atoms with E-state index in [-0.39, 0.29) is 11.7 Å². The number of hydrogen-bond acceptors (Lipinski definition) is 4. The van der Waals surface area contributed by atoms with Gasteiger partial charge in [-0.05, 0) is 53.2 Å². The first-order chi connectivity index (χ1) is 11.5. The van der Waals surface area contributed by atoms with Crippen LogP contribution < -0.4 is 19.5 Å². The standard InChI is InChI=1S/C17H15BrFNO4/c1-10(24-14-4-2-11(19)8-13(14)18)17(21)20-12-3-5-15-16(9-12)23-7-6-22-15/h2-5,8-10H,6-7H2,1H3,(H,20,21)/t10-/m1/s1. The molecule has 0 radical (unpaired) electrons. The van der Waals surface area contributed by atoms with E-state index in [0.29, 0.717) is 40.6 Å². The van der Waals surface area contributed by atoms with Gasteiger partial charge < -0.3 is 19.5 Å². The van der Waals surface area contributed by atoms with Crippen molar-refractivity contribution in [2.24, 2.45) is 0 Å². The number of nitrogens with one attached hydrogen (secondary N) is 1. The zero-order chi connectivity index (χ0) is 17.1. The van der Waals surface area contributed by atoms with Gasteiger partial charge in [0.05, 0.1) is 4.47 Å². The summed E-state index contributed by atoms with van der Waals surface area (Å²) in [4.78, 5) is 12.3. The molecule has 0 bridgehead atoms. The van der Waals surface area contributed by atoms with E-state index in [1.54, 1.807) is 25.1 Å². The van der Waals surface area contributed by atoms with Gasteiger partial charge in [0, 0.05) is 11.8 Å². The lowest BCUT2D eigenvalue weighted by Crippen LogP contribution is -2.30. The van der Waals surface area contributed by atoms with Crippen LogP contribution in [0, 0.1) is 5.82 Å². The topological polar surface area (TPSA) is 56.8 Å². The monoisotopic (exact) mass is 395 g/mol. The normalized spacial score (nSPS) is 14.0. The Hall–Kier alpha value is -2.28. The van der Waals surface area contributed by atoms with Crippen molar-refractivity contribution >= 4 is 27.5 Å². The molecule has 2 aromatic carbocycles. The molecule has 0 unspecified atom stereocenters. The first kappa shape index (κ1) is 16.6. The Morgan fingerprint density at radius 3 is 2.71 bits per heavy atom. The number of halogens is 2. The number of benzene rings is 2. The van der Waals surface area contributed by atoms with Crippen molar-refractivity contribution < 1.29 is 23.4 Å². The number of anilines is 1. The fraction of sp³-hybridized carbons (Fsp3) is 0.235. The van der Waals surface area contributed by atoms with Gasteiger partial charge in [-0.25, -0.2) is 4.39 Å². The molecule has 126 valence electrons. The van der Waals surface area contributed by atoms with Crippen LogP contribution in [0.5, 0.6) is 17.2 Å². The zero-order valence-corrected chi connectivity index (χ0v) is 14.4. The van der Waals surface area contributed by atoms with Crippen LogP contribution in [-0.4, -0.2) is 25.2 Å². The van der Waals surface area contributed by atoms with Crippen LogP contribution in [0.3, 0.4) is 0 Å². The van der Waals surface area contributed by atoms with E-state index in [2.05, 4.69) is 21.2 Å². The van der Waals surface area contributed by atoms with E-state index in [9.17, 15) is 9.18 Å². The van der Waals surface area contributed by atoms with Gasteiger partial charge >= 0.3 is 0 Å². The van der Waals surface area contributed by atoms with Crippen molar-refractivity contribution in [2.75, 3.05) is 18.5 Å². The minimum absolute atomic E-state index is 0.331. The van der Waals surface area contributed by atoms with Gasteiger partial charge in [-0.3, -0.25) is 4.79 Å². The number of fused-ring (bicyclic) bond motifs is 1. The van der Waals surface area contributed by atoms with Gasteiger partial charge in [-0.15, -0.1) is 0 Å². The molecular weight excluding hydrogens is 381 g/mol. The second kappa shape index (κ2) is 7.09. The lowest BCUT2D eigenvalue weighted by Gasteiger charge is -2.20. The van der Waals surface area contributed by atoms with Crippen molar-refractivity contribution in [3.63, 3.8) is 0 Å². The quantitative estimate of drug-likeness (QED) is 0.855. The predicted octanol–water partition coefficient (Wildman–Crippen LogP) is 3.77. The Morgan fingerprint density at radius 1 is 1.21 bits per heavy atom. The third-order valence-electron chi connectivity index (χ3n) is 3.38. The number of amides is 1. The van der Waals surface area contributed by atoms with Gasteiger partial charge in [0.2, 0.25) is 0 Å². The molecule has 5 nitrogen and oxygen atoms in total. The Kier molecular flexibility index (Phi) is 4.89. The number of carbonyl (C=O) groups excluding carboxylic acids is 1. The minimum Gasteiger partial charge on any atom is -0.486 e. The number of ether oxygens (including phenoxy) is 3. The smallest absolute Gasteiger partial charge is 0.265 e. The van der Waals surface area contributed by atoms with E-state index in [4.69, 9.17) is 14.2 Å². The van der Waals surface area contributed by atoms with Crippen molar-refractivity contribution in [2.45, 2.75) is 13.0 Å². The molecule has 0 saturated heterocycles. The summed E-state index contributed by atoms with van der Waals surface area (Å²) in [7, 11) is 0. The summed E-state index contributed by atoms with van der Waals surface area (Å²) < 4.78 is 30.0. The maximum absolute atomic E-state index is 13.1. The summed E-state index contributed by atoms with van der Waals surface area (Å²) >= 11 is 3.21. The average Bonchev–Trinajstić information content (AvgIpc) is 2.57. The van der Waals surface area contributed by atoms with Crippen molar-refractivity contribution in [1.82, 2.24) is 0 Å². The molecule has 24 heavy (non-hydrogen) atoms. The van der Waals surface area contributed by atoms with Crippen molar-refractivity contribution in [3.8, 4) is 17.2 Å². The van der Waals surface area contributed by atoms with E-state index < -0.39 is 6.10 Å². The molecule has 0 aliphatic carbocycles. The Bertz CT molecular complexity index is 768. The second-order valence-corrected chi connectivity index (χ2v) is 6.04. The minimum atomic E-state index is -0.764. The van der Waals surface area contributed by atoms with Crippen LogP contribution in [0.4, 0.5) is 10.1 Å². The summed E-state index contributed by atoms with van der Waals surface area (Å²) in [5.74, 6) is 0.916. The van der Waals surface area contributed by atoms with Crippen LogP contribution in [-0.2, 0) is 4.79 Å². The molecule has 0 saturated carbocycles. The highest BCUT2D eigenvalue weighted by Gasteiger charge is 2.18. The lowest BCUT2D eigenvalue weighted by molar-refractivity contribution is -0.122. The third kappa shape index (κ3) is 3.79. The van der Waals surface area contributed by atoms with Crippen LogP contribution in [0.25, 0.3) is 0 Å². The highest BCUT2D eigenvalue weighted by Crippen LogP contribution is 2.32. The molecule has 3 rings (SSSR count). The molecular formula is C17H15BrFNO4. The summed E-state index contributed by atoms with van der Waals surface area (Å²) in [6.45, 7) is 2.60. The molecule has 1 amide bonds. The highest BCUT2D eigenvalue weighted by molar-refractivity contribution is 9.10. The number of carbonyl (C=O) groups is 1. The fourth-order valence-electron chi connectivity index (χ4n) is 2.18. The Balaban J connectivity index is 1.65. The van der Waals surface area contributed by atoms with Gasteiger partial charge in [0.1, 0.15) is 24.8 Å². The maximum atomic E-state index is 13.1. The molecule has 0 fully saturated rings. The molecule has 1 N–H and O–H groups in total. The van der Waals surface area contributed by atoms with Crippen molar-refractivity contribution in [1.29, 1.82) is 0 Å². The summed E-state index contributed by atoms with van der Waals surface area (Å²) in [6.07, 6.45) is -0.764.